The molecular formula is C15H33N3. The number of nitrogens with zero attached hydrogens (tertiary/aromatic N) is 2. The normalized spacial score (nSPS) is 20.5. The first-order valence-corrected chi connectivity index (χ1v) is 7.75. The Bertz CT molecular complexity index is 198. The molecule has 1 N–H and O–H groups in total. The molecule has 0 bridgehead atoms. The van der Waals surface area contributed by atoms with Crippen molar-refractivity contribution < 1.29 is 0 Å². The third kappa shape index (κ3) is 6.17. The Morgan fingerprint density at radius 1 is 1.28 bits per heavy atom. The Kier molecular flexibility index (Phi) is 7.87. The maximum Gasteiger partial charge on any atom is 0.0113 e. The molecule has 0 aliphatic carbocycles. The lowest BCUT2D eigenvalue weighted by Crippen LogP contribution is -2.42. The molecule has 3 nitrogen and oxygen atoms in total. The number of nitrogens with one attached hydrogen (secondary N) is 1. The lowest BCUT2D eigenvalue weighted by Gasteiger charge is -2.35. The molecule has 3 heteroatoms. The van der Waals surface area contributed by atoms with E-state index in [4.69, 9.17) is 0 Å². The van der Waals surface area contributed by atoms with Crippen molar-refractivity contribution in [1.82, 2.24) is 15.1 Å². The van der Waals surface area contributed by atoms with E-state index in [1.165, 1.54) is 51.7 Å². The van der Waals surface area contributed by atoms with Crippen molar-refractivity contribution >= 4 is 0 Å². The zero-order chi connectivity index (χ0) is 13.4. The number of rotatable bonds is 8. The third-order valence-corrected chi connectivity index (χ3v) is 4.14. The maximum absolute atomic E-state index is 3.57. The summed E-state index contributed by atoms with van der Waals surface area (Å²) in [7, 11) is 4.42. The molecule has 1 rings (SSSR count). The van der Waals surface area contributed by atoms with Gasteiger partial charge in [-0.25, -0.2) is 0 Å². The molecule has 1 atom stereocenters. The first-order chi connectivity index (χ1) is 8.63. The van der Waals surface area contributed by atoms with Crippen molar-refractivity contribution in [3.05, 3.63) is 0 Å². The molecule has 1 saturated heterocycles. The van der Waals surface area contributed by atoms with Crippen LogP contribution in [-0.4, -0.2) is 62.2 Å². The summed E-state index contributed by atoms with van der Waals surface area (Å²) < 4.78 is 0. The van der Waals surface area contributed by atoms with E-state index in [1.54, 1.807) is 0 Å². The van der Waals surface area contributed by atoms with Gasteiger partial charge in [-0.3, -0.25) is 0 Å². The topological polar surface area (TPSA) is 18.5 Å². The quantitative estimate of drug-likeness (QED) is 0.717. The molecule has 1 heterocycles. The van der Waals surface area contributed by atoms with Crippen LogP contribution in [0, 0.1) is 0 Å². The van der Waals surface area contributed by atoms with Gasteiger partial charge in [0.05, 0.1) is 0 Å². The Hall–Kier alpha value is -0.120. The van der Waals surface area contributed by atoms with E-state index in [0.717, 1.165) is 12.6 Å². The number of piperidine rings is 1. The third-order valence-electron chi connectivity index (χ3n) is 4.14. The largest absolute Gasteiger partial charge is 0.314 e. The molecule has 108 valence electrons. The standard InChI is InChI=1S/C15H33N3/c1-5-10-16-14(2)7-6-11-18-12-8-15(9-13-18)17(3)4/h14-16H,5-13H2,1-4H3. The van der Waals surface area contributed by atoms with Crippen molar-refractivity contribution in [3.63, 3.8) is 0 Å². The van der Waals surface area contributed by atoms with Crippen molar-refractivity contribution in [2.75, 3.05) is 40.3 Å². The van der Waals surface area contributed by atoms with Gasteiger partial charge in [-0.15, -0.1) is 0 Å². The predicted molar refractivity (Wildman–Crippen MR) is 80.1 cm³/mol. The second kappa shape index (κ2) is 8.89. The molecule has 0 aromatic carbocycles. The highest BCUT2D eigenvalue weighted by atomic mass is 15.2. The van der Waals surface area contributed by atoms with Crippen molar-refractivity contribution in [2.24, 2.45) is 0 Å². The van der Waals surface area contributed by atoms with E-state index >= 15 is 0 Å². The summed E-state index contributed by atoms with van der Waals surface area (Å²) in [4.78, 5) is 5.03. The van der Waals surface area contributed by atoms with Crippen molar-refractivity contribution in [3.8, 4) is 0 Å². The summed E-state index contributed by atoms with van der Waals surface area (Å²) in [6, 6.07) is 1.50. The molecule has 0 spiro atoms. The van der Waals surface area contributed by atoms with Gasteiger partial charge in [0.15, 0.2) is 0 Å². The Morgan fingerprint density at radius 3 is 2.50 bits per heavy atom. The highest BCUT2D eigenvalue weighted by Crippen LogP contribution is 2.14. The maximum atomic E-state index is 3.57. The van der Waals surface area contributed by atoms with Crippen LogP contribution >= 0.6 is 0 Å². The zero-order valence-corrected chi connectivity index (χ0v) is 12.9. The first-order valence-electron chi connectivity index (χ1n) is 7.75. The van der Waals surface area contributed by atoms with Gasteiger partial charge in [0, 0.05) is 12.1 Å². The summed E-state index contributed by atoms with van der Waals surface area (Å²) in [6.45, 7) is 9.58. The van der Waals surface area contributed by atoms with Crippen LogP contribution in [0.25, 0.3) is 0 Å². The minimum Gasteiger partial charge on any atom is -0.314 e. The van der Waals surface area contributed by atoms with E-state index in [0.29, 0.717) is 6.04 Å². The van der Waals surface area contributed by atoms with Crippen LogP contribution in [0.2, 0.25) is 0 Å². The van der Waals surface area contributed by atoms with Gasteiger partial charge >= 0.3 is 0 Å². The molecule has 0 radical (unpaired) electrons. The van der Waals surface area contributed by atoms with E-state index in [1.807, 2.05) is 0 Å². The fraction of sp³-hybridized carbons (Fsp3) is 1.00. The van der Waals surface area contributed by atoms with Crippen molar-refractivity contribution in [1.29, 1.82) is 0 Å². The summed E-state index contributed by atoms with van der Waals surface area (Å²) in [5.74, 6) is 0. The van der Waals surface area contributed by atoms with Crippen LogP contribution in [0.1, 0.15) is 46.0 Å². The Morgan fingerprint density at radius 2 is 1.94 bits per heavy atom. The van der Waals surface area contributed by atoms with E-state index < -0.39 is 0 Å². The van der Waals surface area contributed by atoms with E-state index in [-0.39, 0.29) is 0 Å². The summed E-state index contributed by atoms with van der Waals surface area (Å²) in [5, 5.41) is 3.57. The average Bonchev–Trinajstić information content (AvgIpc) is 2.37. The Labute approximate surface area is 114 Å². The van der Waals surface area contributed by atoms with Gasteiger partial charge < -0.3 is 15.1 Å². The van der Waals surface area contributed by atoms with Crippen LogP contribution in [-0.2, 0) is 0 Å². The lowest BCUT2D eigenvalue weighted by molar-refractivity contribution is 0.142. The fourth-order valence-corrected chi connectivity index (χ4v) is 2.77. The number of hydrogen-bond acceptors (Lipinski definition) is 3. The molecule has 1 aliphatic heterocycles. The molecular weight excluding hydrogens is 222 g/mol. The van der Waals surface area contributed by atoms with Crippen molar-refractivity contribution in [2.45, 2.75) is 58.0 Å². The van der Waals surface area contributed by atoms with Crippen LogP contribution in [0.5, 0.6) is 0 Å². The Balaban J connectivity index is 2.04. The minimum atomic E-state index is 0.685. The number of hydrogen-bond donors (Lipinski definition) is 1. The summed E-state index contributed by atoms with van der Waals surface area (Å²) in [5.41, 5.74) is 0. The zero-order valence-electron chi connectivity index (χ0n) is 12.9. The highest BCUT2D eigenvalue weighted by molar-refractivity contribution is 4.77. The summed E-state index contributed by atoms with van der Waals surface area (Å²) in [6.07, 6.45) is 6.58. The van der Waals surface area contributed by atoms with E-state index in [2.05, 4.69) is 43.1 Å². The minimum absolute atomic E-state index is 0.685. The van der Waals surface area contributed by atoms with Crippen LogP contribution in [0.3, 0.4) is 0 Å². The molecule has 1 fully saturated rings. The van der Waals surface area contributed by atoms with Crippen LogP contribution in [0.15, 0.2) is 0 Å². The molecule has 0 amide bonds. The number of likely N-dealkylation sites (tertiary alicyclic amines) is 1. The molecule has 0 aromatic heterocycles. The van der Waals surface area contributed by atoms with Gasteiger partial charge in [-0.1, -0.05) is 6.92 Å². The monoisotopic (exact) mass is 255 g/mol. The second-order valence-electron chi connectivity index (χ2n) is 6.03. The smallest absolute Gasteiger partial charge is 0.0113 e. The molecule has 18 heavy (non-hydrogen) atoms. The fourth-order valence-electron chi connectivity index (χ4n) is 2.77. The van der Waals surface area contributed by atoms with Gasteiger partial charge in [0.2, 0.25) is 0 Å². The van der Waals surface area contributed by atoms with Crippen LogP contribution < -0.4 is 5.32 Å². The van der Waals surface area contributed by atoms with Gasteiger partial charge in [0.1, 0.15) is 0 Å². The molecule has 1 unspecified atom stereocenters. The van der Waals surface area contributed by atoms with Gasteiger partial charge in [-0.2, -0.15) is 0 Å². The van der Waals surface area contributed by atoms with E-state index in [9.17, 15) is 0 Å². The lowest BCUT2D eigenvalue weighted by atomic mass is 10.0. The van der Waals surface area contributed by atoms with Crippen LogP contribution in [0.4, 0.5) is 0 Å². The molecule has 1 aliphatic rings. The highest BCUT2D eigenvalue weighted by Gasteiger charge is 2.19. The average molecular weight is 255 g/mol. The molecule has 0 saturated carbocycles. The predicted octanol–water partition coefficient (Wildman–Crippen LogP) is 2.18. The first kappa shape index (κ1) is 15.9. The second-order valence-corrected chi connectivity index (χ2v) is 6.03. The van der Waals surface area contributed by atoms with Gasteiger partial charge in [0.25, 0.3) is 0 Å². The SMILES string of the molecule is CCCNC(C)CCCN1CCC(N(C)C)CC1. The van der Waals surface area contributed by atoms with Gasteiger partial charge in [-0.05, 0) is 79.3 Å². The molecule has 0 aromatic rings. The summed E-state index contributed by atoms with van der Waals surface area (Å²) >= 11 is 0.